The zero-order chi connectivity index (χ0) is 11.1. The zero-order valence-corrected chi connectivity index (χ0v) is 9.57. The SMILES string of the molecule is O=C(Nc1ncccc1Cl)C1C2CCCC21. The summed E-state index contributed by atoms with van der Waals surface area (Å²) in [5.41, 5.74) is 0. The smallest absolute Gasteiger partial charge is 0.229 e. The van der Waals surface area contributed by atoms with Gasteiger partial charge in [0.25, 0.3) is 0 Å². The van der Waals surface area contributed by atoms with E-state index in [1.165, 1.54) is 19.3 Å². The van der Waals surface area contributed by atoms with Crippen LogP contribution in [0, 0.1) is 17.8 Å². The Labute approximate surface area is 99.2 Å². The summed E-state index contributed by atoms with van der Waals surface area (Å²) in [7, 11) is 0. The van der Waals surface area contributed by atoms with Gasteiger partial charge in [0, 0.05) is 12.1 Å². The number of carbonyl (C=O) groups is 1. The first-order chi connectivity index (χ1) is 7.77. The first-order valence-corrected chi connectivity index (χ1v) is 6.06. The molecule has 0 aliphatic heterocycles. The molecule has 4 heteroatoms. The lowest BCUT2D eigenvalue weighted by molar-refractivity contribution is -0.118. The van der Waals surface area contributed by atoms with Crippen LogP contribution in [0.25, 0.3) is 0 Å². The van der Waals surface area contributed by atoms with Crippen LogP contribution in [-0.4, -0.2) is 10.9 Å². The van der Waals surface area contributed by atoms with E-state index in [0.29, 0.717) is 22.7 Å². The van der Waals surface area contributed by atoms with Gasteiger partial charge in [0.1, 0.15) is 0 Å². The van der Waals surface area contributed by atoms with Crippen molar-refractivity contribution in [1.29, 1.82) is 0 Å². The fourth-order valence-electron chi connectivity index (χ4n) is 2.89. The number of nitrogens with one attached hydrogen (secondary N) is 1. The molecule has 1 heterocycles. The summed E-state index contributed by atoms with van der Waals surface area (Å²) in [4.78, 5) is 16.0. The van der Waals surface area contributed by atoms with Crippen molar-refractivity contribution >= 4 is 23.3 Å². The molecule has 1 aromatic rings. The highest BCUT2D eigenvalue weighted by Gasteiger charge is 2.56. The lowest BCUT2D eigenvalue weighted by Gasteiger charge is -2.06. The number of fused-ring (bicyclic) bond motifs is 1. The Morgan fingerprint density at radius 3 is 2.88 bits per heavy atom. The molecule has 2 atom stereocenters. The lowest BCUT2D eigenvalue weighted by Crippen LogP contribution is -2.17. The van der Waals surface area contributed by atoms with Crippen molar-refractivity contribution in [2.45, 2.75) is 19.3 Å². The molecule has 3 rings (SSSR count). The van der Waals surface area contributed by atoms with Crippen LogP contribution in [0.1, 0.15) is 19.3 Å². The summed E-state index contributed by atoms with van der Waals surface area (Å²) in [5.74, 6) is 2.05. The van der Waals surface area contributed by atoms with Crippen LogP contribution >= 0.6 is 11.6 Å². The summed E-state index contributed by atoms with van der Waals surface area (Å²) < 4.78 is 0. The van der Waals surface area contributed by atoms with E-state index in [1.54, 1.807) is 18.3 Å². The fourth-order valence-corrected chi connectivity index (χ4v) is 3.06. The second-order valence-electron chi connectivity index (χ2n) is 4.61. The third kappa shape index (κ3) is 1.59. The van der Waals surface area contributed by atoms with Crippen molar-refractivity contribution < 1.29 is 4.79 Å². The number of amides is 1. The van der Waals surface area contributed by atoms with Gasteiger partial charge in [0.2, 0.25) is 5.91 Å². The van der Waals surface area contributed by atoms with E-state index in [0.717, 1.165) is 0 Å². The number of hydrogen-bond donors (Lipinski definition) is 1. The van der Waals surface area contributed by atoms with Gasteiger partial charge in [0.05, 0.1) is 5.02 Å². The maximum Gasteiger partial charge on any atom is 0.229 e. The molecule has 2 unspecified atom stereocenters. The van der Waals surface area contributed by atoms with Crippen LogP contribution in [0.2, 0.25) is 5.02 Å². The van der Waals surface area contributed by atoms with Crippen LogP contribution in [0.4, 0.5) is 5.82 Å². The summed E-state index contributed by atoms with van der Waals surface area (Å²) >= 11 is 5.94. The summed E-state index contributed by atoms with van der Waals surface area (Å²) in [5, 5.41) is 3.32. The number of pyridine rings is 1. The average Bonchev–Trinajstić information content (AvgIpc) is 2.76. The van der Waals surface area contributed by atoms with Gasteiger partial charge in [-0.3, -0.25) is 4.79 Å². The van der Waals surface area contributed by atoms with Crippen LogP contribution < -0.4 is 5.32 Å². The molecule has 0 radical (unpaired) electrons. The molecule has 0 spiro atoms. The number of carbonyl (C=O) groups excluding carboxylic acids is 1. The van der Waals surface area contributed by atoms with Gasteiger partial charge in [-0.2, -0.15) is 0 Å². The molecular weight excluding hydrogens is 224 g/mol. The highest BCUT2D eigenvalue weighted by Crippen LogP contribution is 2.57. The standard InChI is InChI=1S/C12H13ClN2O/c13-9-5-2-6-14-11(9)15-12(16)10-7-3-1-4-8(7)10/h2,5-8,10H,1,3-4H2,(H,14,15,16). The maximum atomic E-state index is 11.9. The molecule has 2 saturated carbocycles. The highest BCUT2D eigenvalue weighted by atomic mass is 35.5. The van der Waals surface area contributed by atoms with Crippen LogP contribution in [0.3, 0.4) is 0 Å². The van der Waals surface area contributed by atoms with Crippen LogP contribution in [0.15, 0.2) is 18.3 Å². The Bertz CT molecular complexity index is 425. The number of anilines is 1. The predicted octanol–water partition coefficient (Wildman–Crippen LogP) is 2.72. The van der Waals surface area contributed by atoms with E-state index < -0.39 is 0 Å². The van der Waals surface area contributed by atoms with E-state index in [9.17, 15) is 4.79 Å². The van der Waals surface area contributed by atoms with Gasteiger partial charge < -0.3 is 5.32 Å². The number of hydrogen-bond acceptors (Lipinski definition) is 2. The first-order valence-electron chi connectivity index (χ1n) is 5.69. The average molecular weight is 237 g/mol. The molecule has 16 heavy (non-hydrogen) atoms. The van der Waals surface area contributed by atoms with Crippen molar-refractivity contribution in [2.75, 3.05) is 5.32 Å². The van der Waals surface area contributed by atoms with Gasteiger partial charge in [0.15, 0.2) is 5.82 Å². The monoisotopic (exact) mass is 236 g/mol. The molecule has 84 valence electrons. The Morgan fingerprint density at radius 2 is 2.19 bits per heavy atom. The highest BCUT2D eigenvalue weighted by molar-refractivity contribution is 6.33. The van der Waals surface area contributed by atoms with Gasteiger partial charge in [-0.05, 0) is 36.8 Å². The number of aromatic nitrogens is 1. The van der Waals surface area contributed by atoms with Gasteiger partial charge in [-0.15, -0.1) is 0 Å². The maximum absolute atomic E-state index is 11.9. The molecule has 0 saturated heterocycles. The van der Waals surface area contributed by atoms with Crippen molar-refractivity contribution in [2.24, 2.45) is 17.8 Å². The Hall–Kier alpha value is -1.09. The molecule has 0 bridgehead atoms. The first kappa shape index (κ1) is 10.1. The second kappa shape index (κ2) is 3.74. The van der Waals surface area contributed by atoms with Crippen molar-refractivity contribution in [1.82, 2.24) is 4.98 Å². The van der Waals surface area contributed by atoms with Crippen LogP contribution in [0.5, 0.6) is 0 Å². The van der Waals surface area contributed by atoms with E-state index in [2.05, 4.69) is 10.3 Å². The van der Waals surface area contributed by atoms with Crippen molar-refractivity contribution in [3.8, 4) is 0 Å². The third-order valence-electron chi connectivity index (χ3n) is 3.71. The number of rotatable bonds is 2. The number of halogens is 1. The Balaban J connectivity index is 1.68. The quantitative estimate of drug-likeness (QED) is 0.858. The lowest BCUT2D eigenvalue weighted by atomic mass is 10.1. The molecule has 0 aromatic carbocycles. The molecule has 1 N–H and O–H groups in total. The molecule has 1 aromatic heterocycles. The Kier molecular flexibility index (Phi) is 2.36. The molecule has 2 fully saturated rings. The third-order valence-corrected chi connectivity index (χ3v) is 4.01. The van der Waals surface area contributed by atoms with Crippen molar-refractivity contribution in [3.05, 3.63) is 23.4 Å². The van der Waals surface area contributed by atoms with Gasteiger partial charge >= 0.3 is 0 Å². The summed E-state index contributed by atoms with van der Waals surface area (Å²) in [6, 6.07) is 3.49. The minimum absolute atomic E-state index is 0.0929. The molecule has 2 aliphatic rings. The second-order valence-corrected chi connectivity index (χ2v) is 5.01. The van der Waals surface area contributed by atoms with E-state index >= 15 is 0 Å². The van der Waals surface area contributed by atoms with Crippen LogP contribution in [-0.2, 0) is 4.79 Å². The van der Waals surface area contributed by atoms with E-state index in [4.69, 9.17) is 11.6 Å². The minimum Gasteiger partial charge on any atom is -0.309 e. The topological polar surface area (TPSA) is 42.0 Å². The minimum atomic E-state index is 0.0929. The summed E-state index contributed by atoms with van der Waals surface area (Å²) in [6.45, 7) is 0. The summed E-state index contributed by atoms with van der Waals surface area (Å²) in [6.07, 6.45) is 5.33. The largest absolute Gasteiger partial charge is 0.309 e. The fraction of sp³-hybridized carbons (Fsp3) is 0.500. The van der Waals surface area contributed by atoms with E-state index in [-0.39, 0.29) is 11.8 Å². The van der Waals surface area contributed by atoms with Crippen molar-refractivity contribution in [3.63, 3.8) is 0 Å². The zero-order valence-electron chi connectivity index (χ0n) is 8.82. The molecule has 2 aliphatic carbocycles. The molecular formula is C12H13ClN2O. The predicted molar refractivity (Wildman–Crippen MR) is 62.2 cm³/mol. The normalized spacial score (nSPS) is 30.9. The number of nitrogens with zero attached hydrogens (tertiary/aromatic N) is 1. The molecule has 1 amide bonds. The van der Waals surface area contributed by atoms with Gasteiger partial charge in [-0.1, -0.05) is 18.0 Å². The molecule has 3 nitrogen and oxygen atoms in total. The Morgan fingerprint density at radius 1 is 1.44 bits per heavy atom. The van der Waals surface area contributed by atoms with Gasteiger partial charge in [-0.25, -0.2) is 4.98 Å². The van der Waals surface area contributed by atoms with E-state index in [1.807, 2.05) is 0 Å².